The van der Waals surface area contributed by atoms with Crippen LogP contribution in [0.1, 0.15) is 43.4 Å². The number of aryl methyl sites for hydroxylation is 1. The van der Waals surface area contributed by atoms with Crippen molar-refractivity contribution in [3.05, 3.63) is 35.1 Å². The molecule has 0 spiro atoms. The Labute approximate surface area is 106 Å². The maximum atomic E-state index is 13.4. The SMILES string of the molecule is CCCCC(C(=O)O)C(O)c1ccc(C)c(F)c1. The van der Waals surface area contributed by atoms with Crippen molar-refractivity contribution in [2.24, 2.45) is 5.92 Å². The lowest BCUT2D eigenvalue weighted by molar-refractivity contribution is -0.146. The third-order valence-electron chi connectivity index (χ3n) is 3.10. The second-order valence-electron chi connectivity index (χ2n) is 4.54. The molecule has 0 saturated carbocycles. The van der Waals surface area contributed by atoms with Gasteiger partial charge >= 0.3 is 5.97 Å². The maximum absolute atomic E-state index is 13.4. The van der Waals surface area contributed by atoms with Crippen molar-refractivity contribution in [1.82, 2.24) is 0 Å². The van der Waals surface area contributed by atoms with Crippen LogP contribution in [-0.4, -0.2) is 16.2 Å². The highest BCUT2D eigenvalue weighted by Gasteiger charge is 2.27. The molecule has 1 rings (SSSR count). The number of carboxylic acids is 1. The van der Waals surface area contributed by atoms with Crippen LogP contribution in [-0.2, 0) is 4.79 Å². The molecule has 4 heteroatoms. The van der Waals surface area contributed by atoms with Gasteiger partial charge in [0.05, 0.1) is 12.0 Å². The van der Waals surface area contributed by atoms with Gasteiger partial charge in [0.1, 0.15) is 5.82 Å². The molecule has 1 aromatic rings. The van der Waals surface area contributed by atoms with Crippen molar-refractivity contribution in [2.75, 3.05) is 0 Å². The number of hydrogen-bond acceptors (Lipinski definition) is 2. The van der Waals surface area contributed by atoms with Crippen LogP contribution in [0.5, 0.6) is 0 Å². The number of rotatable bonds is 6. The highest BCUT2D eigenvalue weighted by Crippen LogP contribution is 2.27. The summed E-state index contributed by atoms with van der Waals surface area (Å²) in [5, 5.41) is 19.1. The van der Waals surface area contributed by atoms with Gasteiger partial charge in [-0.1, -0.05) is 31.9 Å². The van der Waals surface area contributed by atoms with E-state index in [4.69, 9.17) is 5.11 Å². The van der Waals surface area contributed by atoms with E-state index in [0.29, 0.717) is 17.5 Å². The molecule has 2 unspecified atom stereocenters. The van der Waals surface area contributed by atoms with Gasteiger partial charge in [-0.15, -0.1) is 0 Å². The highest BCUT2D eigenvalue weighted by atomic mass is 19.1. The van der Waals surface area contributed by atoms with E-state index in [1.165, 1.54) is 6.07 Å². The molecule has 0 aliphatic carbocycles. The van der Waals surface area contributed by atoms with Crippen molar-refractivity contribution in [2.45, 2.75) is 39.2 Å². The Morgan fingerprint density at radius 1 is 1.44 bits per heavy atom. The lowest BCUT2D eigenvalue weighted by Crippen LogP contribution is -2.22. The van der Waals surface area contributed by atoms with Crippen molar-refractivity contribution in [3.8, 4) is 0 Å². The molecule has 0 amide bonds. The molecule has 0 aliphatic heterocycles. The van der Waals surface area contributed by atoms with Crippen LogP contribution in [0.3, 0.4) is 0 Å². The Bertz CT molecular complexity index is 418. The number of unbranched alkanes of at least 4 members (excludes halogenated alkanes) is 1. The molecule has 1 aromatic carbocycles. The number of carbonyl (C=O) groups is 1. The maximum Gasteiger partial charge on any atom is 0.309 e. The number of aliphatic hydroxyl groups excluding tert-OH is 1. The molecule has 0 radical (unpaired) electrons. The van der Waals surface area contributed by atoms with Gasteiger partial charge < -0.3 is 10.2 Å². The lowest BCUT2D eigenvalue weighted by Gasteiger charge is -2.19. The van der Waals surface area contributed by atoms with Gasteiger partial charge in [0.2, 0.25) is 0 Å². The molecule has 0 aromatic heterocycles. The summed E-state index contributed by atoms with van der Waals surface area (Å²) < 4.78 is 13.4. The van der Waals surface area contributed by atoms with E-state index < -0.39 is 23.8 Å². The van der Waals surface area contributed by atoms with Crippen LogP contribution >= 0.6 is 0 Å². The molecule has 18 heavy (non-hydrogen) atoms. The van der Waals surface area contributed by atoms with Crippen LogP contribution in [0.25, 0.3) is 0 Å². The smallest absolute Gasteiger partial charge is 0.309 e. The van der Waals surface area contributed by atoms with E-state index in [2.05, 4.69) is 0 Å². The largest absolute Gasteiger partial charge is 0.481 e. The number of benzene rings is 1. The predicted octanol–water partition coefficient (Wildman–Crippen LogP) is 3.06. The van der Waals surface area contributed by atoms with Gasteiger partial charge in [-0.2, -0.15) is 0 Å². The summed E-state index contributed by atoms with van der Waals surface area (Å²) >= 11 is 0. The van der Waals surface area contributed by atoms with Gasteiger partial charge in [0.25, 0.3) is 0 Å². The number of halogens is 1. The summed E-state index contributed by atoms with van der Waals surface area (Å²) in [6.07, 6.45) is 0.813. The average molecular weight is 254 g/mol. The highest BCUT2D eigenvalue weighted by molar-refractivity contribution is 5.71. The summed E-state index contributed by atoms with van der Waals surface area (Å²) in [7, 11) is 0. The summed E-state index contributed by atoms with van der Waals surface area (Å²) in [5.74, 6) is -2.35. The van der Waals surface area contributed by atoms with Crippen molar-refractivity contribution < 1.29 is 19.4 Å². The quantitative estimate of drug-likeness (QED) is 0.820. The summed E-state index contributed by atoms with van der Waals surface area (Å²) in [6, 6.07) is 4.33. The first kappa shape index (κ1) is 14.6. The van der Waals surface area contributed by atoms with Gasteiger partial charge in [-0.3, -0.25) is 4.79 Å². The zero-order valence-corrected chi connectivity index (χ0v) is 10.7. The zero-order valence-electron chi connectivity index (χ0n) is 10.7. The van der Waals surface area contributed by atoms with Crippen LogP contribution < -0.4 is 0 Å². The van der Waals surface area contributed by atoms with Gasteiger partial charge in [-0.25, -0.2) is 4.39 Å². The Balaban J connectivity index is 2.90. The summed E-state index contributed by atoms with van der Waals surface area (Å²) in [5.41, 5.74) is 0.799. The summed E-state index contributed by atoms with van der Waals surface area (Å²) in [4.78, 5) is 11.1. The fourth-order valence-corrected chi connectivity index (χ4v) is 1.87. The molecule has 0 aliphatic rings. The van der Waals surface area contributed by atoms with Crippen LogP contribution in [0.4, 0.5) is 4.39 Å². The summed E-state index contributed by atoms with van der Waals surface area (Å²) in [6.45, 7) is 3.58. The van der Waals surface area contributed by atoms with Crippen LogP contribution in [0.15, 0.2) is 18.2 Å². The van der Waals surface area contributed by atoms with Crippen LogP contribution in [0, 0.1) is 18.7 Å². The van der Waals surface area contributed by atoms with E-state index in [1.54, 1.807) is 19.1 Å². The Morgan fingerprint density at radius 2 is 2.11 bits per heavy atom. The number of aliphatic carboxylic acids is 1. The Morgan fingerprint density at radius 3 is 2.61 bits per heavy atom. The zero-order chi connectivity index (χ0) is 13.7. The third-order valence-corrected chi connectivity index (χ3v) is 3.10. The number of carboxylic acid groups (broad SMARTS) is 1. The molecule has 2 N–H and O–H groups in total. The van der Waals surface area contributed by atoms with E-state index in [1.807, 2.05) is 6.92 Å². The average Bonchev–Trinajstić information content (AvgIpc) is 2.32. The topological polar surface area (TPSA) is 57.5 Å². The molecule has 100 valence electrons. The van der Waals surface area contributed by atoms with Gasteiger partial charge in [0.15, 0.2) is 0 Å². The molecule has 0 bridgehead atoms. The molecule has 0 fully saturated rings. The van der Waals surface area contributed by atoms with Crippen molar-refractivity contribution >= 4 is 5.97 Å². The second-order valence-corrected chi connectivity index (χ2v) is 4.54. The van der Waals surface area contributed by atoms with Gasteiger partial charge in [-0.05, 0) is 30.5 Å². The standard InChI is InChI=1S/C14H19FO3/c1-3-4-5-11(14(17)18)13(16)10-7-6-9(2)12(15)8-10/h6-8,11,13,16H,3-5H2,1-2H3,(H,17,18). The fourth-order valence-electron chi connectivity index (χ4n) is 1.87. The normalized spacial score (nSPS) is 14.2. The first-order valence-corrected chi connectivity index (χ1v) is 6.14. The first-order valence-electron chi connectivity index (χ1n) is 6.14. The van der Waals surface area contributed by atoms with Crippen molar-refractivity contribution in [3.63, 3.8) is 0 Å². The van der Waals surface area contributed by atoms with E-state index >= 15 is 0 Å². The van der Waals surface area contributed by atoms with E-state index in [0.717, 1.165) is 12.8 Å². The van der Waals surface area contributed by atoms with E-state index in [-0.39, 0.29) is 0 Å². The van der Waals surface area contributed by atoms with Gasteiger partial charge in [0, 0.05) is 0 Å². The monoisotopic (exact) mass is 254 g/mol. The minimum absolute atomic E-state index is 0.321. The minimum Gasteiger partial charge on any atom is -0.481 e. The van der Waals surface area contributed by atoms with E-state index in [9.17, 15) is 14.3 Å². The molecular weight excluding hydrogens is 235 g/mol. The molecule has 0 heterocycles. The Kier molecular flexibility index (Phi) is 5.28. The third kappa shape index (κ3) is 3.53. The lowest BCUT2D eigenvalue weighted by atomic mass is 9.91. The molecular formula is C14H19FO3. The molecule has 3 nitrogen and oxygen atoms in total. The molecule has 2 atom stereocenters. The van der Waals surface area contributed by atoms with Crippen molar-refractivity contribution in [1.29, 1.82) is 0 Å². The minimum atomic E-state index is -1.16. The fraction of sp³-hybridized carbons (Fsp3) is 0.500. The Hall–Kier alpha value is -1.42. The first-order chi connectivity index (χ1) is 8.47. The number of aliphatic hydroxyl groups is 1. The number of hydrogen-bond donors (Lipinski definition) is 2. The van der Waals surface area contributed by atoms with Crippen LogP contribution in [0.2, 0.25) is 0 Å². The molecule has 0 saturated heterocycles. The predicted molar refractivity (Wildman–Crippen MR) is 66.7 cm³/mol. The second kappa shape index (κ2) is 6.50.